The molecule has 1 aromatic heterocycles. The van der Waals surface area contributed by atoms with Crippen LogP contribution in [0.2, 0.25) is 0 Å². The van der Waals surface area contributed by atoms with Crippen LogP contribution in [0.3, 0.4) is 0 Å². The van der Waals surface area contributed by atoms with Crippen molar-refractivity contribution in [3.63, 3.8) is 0 Å². The minimum atomic E-state index is -0.434. The number of para-hydroxylation sites is 2. The molecule has 0 N–H and O–H groups in total. The second kappa shape index (κ2) is 18.1. The van der Waals surface area contributed by atoms with Gasteiger partial charge in [0.15, 0.2) is 0 Å². The topological polar surface area (TPSA) is 8.17 Å². The Morgan fingerprint density at radius 1 is 0.298 bits per heavy atom. The summed E-state index contributed by atoms with van der Waals surface area (Å²) in [7, 11) is 0. The molecule has 1 heterocycles. The largest absolute Gasteiger partial charge is 0.310 e. The predicted octanol–water partition coefficient (Wildman–Crippen LogP) is 21.5. The van der Waals surface area contributed by atoms with Crippen molar-refractivity contribution in [3.05, 3.63) is 337 Å². The standard InChI is InChI=1S/C82H52N2/c1-2-24-58(25-3-1)84-78-39-17-13-35-70(78)81-69-34-9-8-30-64(69)71(51-79(81)84)55-23-19-27-61(47-55)83(59-43-40-52(41-44-59)72-48-56-20-4-6-28-62(56)73-49-57-21-5-7-29-63(57)80(72)73)60-26-18-22-53(46-60)54-42-45-68-67-33-12-16-38-76(67)82(77(68)50-54)74-36-14-10-31-65(74)66-32-11-15-37-75(66)82/h1-48,50-51H,49H2. The Balaban J connectivity index is 0.826. The maximum absolute atomic E-state index is 2.50. The summed E-state index contributed by atoms with van der Waals surface area (Å²) in [6.07, 6.45) is 0.938. The lowest BCUT2D eigenvalue weighted by Crippen LogP contribution is -2.25. The lowest BCUT2D eigenvalue weighted by Gasteiger charge is -2.30. The minimum Gasteiger partial charge on any atom is -0.310 e. The van der Waals surface area contributed by atoms with Gasteiger partial charge < -0.3 is 9.47 Å². The molecule has 0 radical (unpaired) electrons. The van der Waals surface area contributed by atoms with Crippen molar-refractivity contribution in [3.8, 4) is 72.4 Å². The van der Waals surface area contributed by atoms with Gasteiger partial charge >= 0.3 is 0 Å². The van der Waals surface area contributed by atoms with Gasteiger partial charge in [-0.3, -0.25) is 0 Å². The van der Waals surface area contributed by atoms with Gasteiger partial charge in [0.05, 0.1) is 16.4 Å². The number of nitrogens with zero attached hydrogens (tertiary/aromatic N) is 2. The zero-order valence-corrected chi connectivity index (χ0v) is 46.0. The van der Waals surface area contributed by atoms with Gasteiger partial charge in [-0.2, -0.15) is 0 Å². The molecule has 3 aliphatic rings. The minimum absolute atomic E-state index is 0.434. The van der Waals surface area contributed by atoms with Crippen molar-refractivity contribution in [1.82, 2.24) is 4.57 Å². The lowest BCUT2D eigenvalue weighted by molar-refractivity contribution is 0.794. The Labute approximate surface area is 488 Å². The summed E-state index contributed by atoms with van der Waals surface area (Å²) in [5.74, 6) is 0. The van der Waals surface area contributed by atoms with E-state index in [9.17, 15) is 0 Å². The first-order valence-corrected chi connectivity index (χ1v) is 29.4. The quantitative estimate of drug-likeness (QED) is 0.154. The van der Waals surface area contributed by atoms with E-state index in [4.69, 9.17) is 0 Å². The first-order chi connectivity index (χ1) is 41.7. The maximum atomic E-state index is 2.50. The molecule has 0 saturated heterocycles. The Bertz CT molecular complexity index is 5170. The second-order valence-electron chi connectivity index (χ2n) is 23.0. The third-order valence-electron chi connectivity index (χ3n) is 18.8. The molecule has 2 heteroatoms. The zero-order chi connectivity index (χ0) is 55.0. The highest BCUT2D eigenvalue weighted by molar-refractivity contribution is 6.24. The average molecular weight is 1070 g/mol. The van der Waals surface area contributed by atoms with Crippen LogP contribution in [0, 0.1) is 0 Å². The second-order valence-corrected chi connectivity index (χ2v) is 23.0. The highest BCUT2D eigenvalue weighted by Crippen LogP contribution is 2.63. The molecular formula is C82H52N2. The van der Waals surface area contributed by atoms with Crippen molar-refractivity contribution < 1.29 is 0 Å². The molecule has 2 nitrogen and oxygen atoms in total. The highest BCUT2D eigenvalue weighted by atomic mass is 15.1. The molecule has 0 bridgehead atoms. The molecule has 15 aromatic rings. The van der Waals surface area contributed by atoms with E-state index in [1.54, 1.807) is 0 Å². The Hall–Kier alpha value is -10.8. The van der Waals surface area contributed by atoms with Gasteiger partial charge in [-0.25, -0.2) is 0 Å². The van der Waals surface area contributed by atoms with E-state index in [2.05, 4.69) is 313 Å². The van der Waals surface area contributed by atoms with Crippen LogP contribution in [0.5, 0.6) is 0 Å². The third-order valence-corrected chi connectivity index (χ3v) is 18.8. The summed E-state index contributed by atoms with van der Waals surface area (Å²) >= 11 is 0. The molecule has 0 atom stereocenters. The Morgan fingerprint density at radius 2 is 0.845 bits per heavy atom. The summed E-state index contributed by atoms with van der Waals surface area (Å²) in [4.78, 5) is 2.47. The summed E-state index contributed by atoms with van der Waals surface area (Å²) in [6, 6.07) is 114. The fraction of sp³-hybridized carbons (Fsp3) is 0.0244. The molecule has 0 saturated carbocycles. The van der Waals surface area contributed by atoms with E-state index in [0.29, 0.717) is 0 Å². The van der Waals surface area contributed by atoms with Crippen LogP contribution in [0.15, 0.2) is 303 Å². The molecule has 0 fully saturated rings. The average Bonchev–Trinajstić information content (AvgIpc) is 1.69. The first-order valence-electron chi connectivity index (χ1n) is 29.4. The van der Waals surface area contributed by atoms with Crippen LogP contribution < -0.4 is 4.90 Å². The Morgan fingerprint density at radius 3 is 1.57 bits per heavy atom. The zero-order valence-electron chi connectivity index (χ0n) is 46.0. The van der Waals surface area contributed by atoms with Gasteiger partial charge in [0, 0.05) is 33.5 Å². The van der Waals surface area contributed by atoms with E-state index in [-0.39, 0.29) is 0 Å². The van der Waals surface area contributed by atoms with Gasteiger partial charge in [0.25, 0.3) is 0 Å². The number of anilines is 3. The number of hydrogen-bond donors (Lipinski definition) is 0. The Kier molecular flexibility index (Phi) is 10.1. The summed E-state index contributed by atoms with van der Waals surface area (Å²) < 4.78 is 2.44. The van der Waals surface area contributed by atoms with Gasteiger partial charge in [0.2, 0.25) is 0 Å². The van der Waals surface area contributed by atoms with Crippen molar-refractivity contribution in [2.45, 2.75) is 11.8 Å². The third kappa shape index (κ3) is 6.68. The van der Waals surface area contributed by atoms with Crippen molar-refractivity contribution in [1.29, 1.82) is 0 Å². The van der Waals surface area contributed by atoms with Crippen LogP contribution in [0.4, 0.5) is 17.1 Å². The molecule has 3 aliphatic carbocycles. The molecule has 84 heavy (non-hydrogen) atoms. The van der Waals surface area contributed by atoms with Crippen molar-refractivity contribution >= 4 is 60.4 Å². The van der Waals surface area contributed by atoms with Crippen LogP contribution in [0.25, 0.3) is 116 Å². The van der Waals surface area contributed by atoms with Gasteiger partial charge in [-0.15, -0.1) is 0 Å². The molecule has 0 aliphatic heterocycles. The van der Waals surface area contributed by atoms with Crippen LogP contribution >= 0.6 is 0 Å². The highest BCUT2D eigenvalue weighted by Gasteiger charge is 2.51. The SMILES string of the molecule is c1ccc(-n2c3ccccc3c3c4ccccc4c(-c4cccc(N(c5ccc(-c6cc7ccccc7c7c6-c6ccccc6C7)cc5)c5cccc(-c6ccc7c(c6)C6(c8ccccc8-c8ccccc86)c6ccccc6-7)c5)c4)cc32)cc1. The molecular weight excluding hydrogens is 1010 g/mol. The number of fused-ring (bicyclic) bond motifs is 20. The number of aromatic nitrogens is 1. The summed E-state index contributed by atoms with van der Waals surface area (Å²) in [6.45, 7) is 0. The van der Waals surface area contributed by atoms with E-state index in [1.807, 2.05) is 0 Å². The molecule has 0 amide bonds. The number of rotatable bonds is 7. The maximum Gasteiger partial charge on any atom is 0.0725 e. The van der Waals surface area contributed by atoms with E-state index >= 15 is 0 Å². The van der Waals surface area contributed by atoms with E-state index in [0.717, 1.165) is 40.3 Å². The normalized spacial score (nSPS) is 13.0. The fourth-order valence-electron chi connectivity index (χ4n) is 15.3. The van der Waals surface area contributed by atoms with Crippen LogP contribution in [0.1, 0.15) is 33.4 Å². The summed E-state index contributed by atoms with van der Waals surface area (Å²) in [5, 5.41) is 7.60. The van der Waals surface area contributed by atoms with E-state index < -0.39 is 5.41 Å². The van der Waals surface area contributed by atoms with Crippen molar-refractivity contribution in [2.75, 3.05) is 4.90 Å². The van der Waals surface area contributed by atoms with E-state index in [1.165, 1.54) is 132 Å². The lowest BCUT2D eigenvalue weighted by atomic mass is 9.70. The van der Waals surface area contributed by atoms with Crippen molar-refractivity contribution in [2.24, 2.45) is 0 Å². The predicted molar refractivity (Wildman–Crippen MR) is 351 cm³/mol. The number of benzene rings is 14. The summed E-state index contributed by atoms with van der Waals surface area (Å²) in [5.41, 5.74) is 29.6. The van der Waals surface area contributed by atoms with Gasteiger partial charge in [-0.1, -0.05) is 231 Å². The molecule has 0 unspecified atom stereocenters. The van der Waals surface area contributed by atoms with Crippen LogP contribution in [-0.4, -0.2) is 4.57 Å². The smallest absolute Gasteiger partial charge is 0.0725 e. The van der Waals surface area contributed by atoms with Gasteiger partial charge in [-0.05, 0) is 201 Å². The van der Waals surface area contributed by atoms with Gasteiger partial charge in [0.1, 0.15) is 0 Å². The van der Waals surface area contributed by atoms with Crippen LogP contribution in [-0.2, 0) is 11.8 Å². The molecule has 390 valence electrons. The monoisotopic (exact) mass is 1060 g/mol. The first kappa shape index (κ1) is 46.9. The molecule has 1 spiro atoms. The fourth-order valence-corrected chi connectivity index (χ4v) is 15.3. The number of hydrogen-bond acceptors (Lipinski definition) is 1. The molecule has 18 rings (SSSR count). The molecule has 14 aromatic carbocycles.